The van der Waals surface area contributed by atoms with Crippen molar-refractivity contribution in [3.05, 3.63) is 68.8 Å². The summed E-state index contributed by atoms with van der Waals surface area (Å²) in [5.74, 6) is -0.198. The minimum atomic E-state index is -4.54. The second kappa shape index (κ2) is 9.56. The molecule has 0 heterocycles. The number of nitro benzene ring substituents is 2. The molecule has 0 aromatic heterocycles. The van der Waals surface area contributed by atoms with Crippen LogP contribution >= 0.6 is 7.60 Å². The maximum absolute atomic E-state index is 12.2. The van der Waals surface area contributed by atoms with E-state index in [1.807, 2.05) is 0 Å². The third kappa shape index (κ3) is 6.34. The number of non-ortho nitro benzene ring substituents is 1. The van der Waals surface area contributed by atoms with Crippen LogP contribution in [-0.4, -0.2) is 59.0 Å². The third-order valence-electron chi connectivity index (χ3n) is 3.10. The number of nitrogens with one attached hydrogen (secondary N) is 1. The second-order valence-corrected chi connectivity index (χ2v) is 8.52. The van der Waals surface area contributed by atoms with Gasteiger partial charge in [0.05, 0.1) is 9.85 Å². The molecule has 12 nitrogen and oxygen atoms in total. The Kier molecular flexibility index (Phi) is 8.26. The van der Waals surface area contributed by atoms with Crippen molar-refractivity contribution in [2.24, 2.45) is 0 Å². The standard InChI is InChI=1S/C13H12N3O9PS.Na/c17-15(18)10-5-7-11(8-6-10)25-26(21,22)9-14-27(23,24)13-4-2-1-3-12(13)16(19)20;/h1-8,14H,9H2,(H,21,22);. The molecular weight excluding hydrogens is 428 g/mol. The van der Waals surface area contributed by atoms with E-state index in [0.29, 0.717) is 0 Å². The Morgan fingerprint density at radius 1 is 1.04 bits per heavy atom. The van der Waals surface area contributed by atoms with Crippen LogP contribution in [0.4, 0.5) is 11.4 Å². The van der Waals surface area contributed by atoms with Gasteiger partial charge in [0.25, 0.3) is 11.4 Å². The summed E-state index contributed by atoms with van der Waals surface area (Å²) in [5, 5.41) is 21.5. The van der Waals surface area contributed by atoms with Gasteiger partial charge in [-0.15, -0.1) is 0 Å². The molecule has 0 fully saturated rings. The molecule has 2 aromatic carbocycles. The van der Waals surface area contributed by atoms with E-state index in [1.165, 1.54) is 12.1 Å². The summed E-state index contributed by atoms with van der Waals surface area (Å²) in [6, 6.07) is 8.68. The molecule has 0 aliphatic rings. The van der Waals surface area contributed by atoms with Crippen LogP contribution in [0.5, 0.6) is 5.75 Å². The summed E-state index contributed by atoms with van der Waals surface area (Å²) in [5.41, 5.74) is -0.971. The van der Waals surface area contributed by atoms with Gasteiger partial charge in [-0.3, -0.25) is 20.2 Å². The van der Waals surface area contributed by atoms with E-state index in [9.17, 15) is 38.1 Å². The van der Waals surface area contributed by atoms with Gasteiger partial charge < -0.3 is 9.42 Å². The minimum Gasteiger partial charge on any atom is -0.424 e. The predicted octanol–water partition coefficient (Wildman–Crippen LogP) is 1.62. The van der Waals surface area contributed by atoms with Gasteiger partial charge in [-0.05, 0) is 18.2 Å². The predicted molar refractivity (Wildman–Crippen MR) is 97.6 cm³/mol. The maximum atomic E-state index is 12.2. The molecule has 0 saturated heterocycles. The number of nitrogens with zero attached hydrogens (tertiary/aromatic N) is 2. The summed E-state index contributed by atoms with van der Waals surface area (Å²) in [7, 11) is -9.01. The van der Waals surface area contributed by atoms with Gasteiger partial charge in [0, 0.05) is 47.8 Å². The first-order valence-electron chi connectivity index (χ1n) is 7.01. The van der Waals surface area contributed by atoms with E-state index in [0.717, 1.165) is 36.4 Å². The van der Waals surface area contributed by atoms with Crippen molar-refractivity contribution >= 4 is 58.6 Å². The Bertz CT molecular complexity index is 1030. The minimum absolute atomic E-state index is 0. The molecule has 2 aromatic rings. The molecule has 2 N–H and O–H groups in total. The van der Waals surface area contributed by atoms with Crippen molar-refractivity contribution in [2.45, 2.75) is 4.90 Å². The van der Waals surface area contributed by atoms with Gasteiger partial charge in [0.15, 0.2) is 4.90 Å². The Hall–Kier alpha value is -1.86. The third-order valence-corrected chi connectivity index (χ3v) is 5.82. The average molecular weight is 440 g/mol. The first-order chi connectivity index (χ1) is 12.5. The number of sulfonamides is 1. The fourth-order valence-electron chi connectivity index (χ4n) is 1.91. The molecule has 0 bridgehead atoms. The largest absolute Gasteiger partial charge is 0.424 e. The molecule has 1 atom stereocenters. The molecule has 0 aliphatic heterocycles. The molecule has 28 heavy (non-hydrogen) atoms. The monoisotopic (exact) mass is 440 g/mol. The topological polar surface area (TPSA) is 179 Å². The van der Waals surface area contributed by atoms with Crippen LogP contribution in [0.25, 0.3) is 0 Å². The summed E-state index contributed by atoms with van der Waals surface area (Å²) in [4.78, 5) is 29.0. The first-order valence-corrected chi connectivity index (χ1v) is 10.3. The van der Waals surface area contributed by atoms with E-state index < -0.39 is 44.3 Å². The molecular formula is C13H12N3NaO9PS. The summed E-state index contributed by atoms with van der Waals surface area (Å²) < 4.78 is 43.0. The zero-order valence-corrected chi connectivity index (χ0v) is 18.0. The number of hydrogen-bond acceptors (Lipinski definition) is 8. The van der Waals surface area contributed by atoms with Crippen LogP contribution in [0.15, 0.2) is 53.4 Å². The summed E-state index contributed by atoms with van der Waals surface area (Å²) in [6.07, 6.45) is -1.07. The van der Waals surface area contributed by atoms with Gasteiger partial charge in [-0.25, -0.2) is 13.0 Å². The maximum Gasteiger partial charge on any atom is 0.391 e. The van der Waals surface area contributed by atoms with Gasteiger partial charge in [0.1, 0.15) is 12.0 Å². The van der Waals surface area contributed by atoms with Crippen molar-refractivity contribution in [3.63, 3.8) is 0 Å². The molecule has 0 aliphatic carbocycles. The van der Waals surface area contributed by atoms with Crippen LogP contribution in [0, 0.1) is 20.2 Å². The van der Waals surface area contributed by atoms with E-state index >= 15 is 0 Å². The van der Waals surface area contributed by atoms with Crippen LogP contribution < -0.4 is 9.25 Å². The van der Waals surface area contributed by atoms with Crippen molar-refractivity contribution in [1.82, 2.24) is 4.72 Å². The number of rotatable bonds is 8. The molecule has 0 spiro atoms. The van der Waals surface area contributed by atoms with E-state index in [1.54, 1.807) is 4.72 Å². The van der Waals surface area contributed by atoms with Crippen LogP contribution in [0.3, 0.4) is 0 Å². The number of nitro groups is 2. The van der Waals surface area contributed by atoms with E-state index in [2.05, 4.69) is 0 Å². The molecule has 1 unspecified atom stereocenters. The Morgan fingerprint density at radius 3 is 2.14 bits per heavy atom. The molecule has 15 heteroatoms. The fourth-order valence-corrected chi connectivity index (χ4v) is 4.58. The quantitative estimate of drug-likeness (QED) is 0.267. The number of hydrogen-bond donors (Lipinski definition) is 2. The second-order valence-electron chi connectivity index (χ2n) is 5.01. The van der Waals surface area contributed by atoms with Crippen molar-refractivity contribution in [3.8, 4) is 5.75 Å². The Morgan fingerprint density at radius 2 is 1.61 bits per heavy atom. The average Bonchev–Trinajstić information content (AvgIpc) is 2.60. The zero-order chi connectivity index (χ0) is 20.2. The van der Waals surface area contributed by atoms with E-state index in [-0.39, 0.29) is 41.0 Å². The van der Waals surface area contributed by atoms with Crippen molar-refractivity contribution < 1.29 is 32.2 Å². The van der Waals surface area contributed by atoms with Gasteiger partial charge >= 0.3 is 7.60 Å². The number of para-hydroxylation sites is 1. The normalized spacial score (nSPS) is 13.0. The summed E-state index contributed by atoms with van der Waals surface area (Å²) in [6.45, 7) is 0. The van der Waals surface area contributed by atoms with Gasteiger partial charge in [0.2, 0.25) is 10.0 Å². The van der Waals surface area contributed by atoms with Crippen molar-refractivity contribution in [2.75, 3.05) is 6.29 Å². The fraction of sp³-hybridized carbons (Fsp3) is 0.0769. The van der Waals surface area contributed by atoms with Gasteiger partial charge in [-0.2, -0.15) is 4.72 Å². The van der Waals surface area contributed by atoms with Crippen LogP contribution in [0.1, 0.15) is 0 Å². The summed E-state index contributed by atoms with van der Waals surface area (Å²) >= 11 is 0. The Balaban J connectivity index is 0.00000392. The molecule has 145 valence electrons. The number of benzene rings is 2. The smallest absolute Gasteiger partial charge is 0.391 e. The SMILES string of the molecule is O=[N+]([O-])c1ccc(OP(=O)(O)CNS(=O)(=O)c2ccccc2[N+](=O)[O-])cc1.[Na]. The van der Waals surface area contributed by atoms with Gasteiger partial charge in [-0.1, -0.05) is 12.1 Å². The van der Waals surface area contributed by atoms with Crippen LogP contribution in [-0.2, 0) is 14.6 Å². The Labute approximate surface area is 180 Å². The molecule has 0 saturated carbocycles. The molecule has 2 rings (SSSR count). The zero-order valence-electron chi connectivity index (χ0n) is 14.3. The van der Waals surface area contributed by atoms with Crippen LogP contribution in [0.2, 0.25) is 0 Å². The molecule has 1 radical (unpaired) electrons. The first kappa shape index (κ1) is 24.2. The molecule has 0 amide bonds. The van der Waals surface area contributed by atoms with E-state index in [4.69, 9.17) is 4.52 Å². The van der Waals surface area contributed by atoms with Crippen molar-refractivity contribution in [1.29, 1.82) is 0 Å².